The summed E-state index contributed by atoms with van der Waals surface area (Å²) in [5.41, 5.74) is 0. The highest BCUT2D eigenvalue weighted by atomic mass is 79.9. The molecule has 1 N–H and O–H groups in total. The molecule has 2 heterocycles. The number of amides is 1. The van der Waals surface area contributed by atoms with Gasteiger partial charge in [0.2, 0.25) is 0 Å². The number of sulfonamides is 1. The molecular weight excluding hydrogens is 418 g/mol. The first kappa shape index (κ1) is 17.0. The van der Waals surface area contributed by atoms with E-state index in [-0.39, 0.29) is 4.90 Å². The molecule has 1 aliphatic heterocycles. The first-order valence-electron chi connectivity index (χ1n) is 6.84. The summed E-state index contributed by atoms with van der Waals surface area (Å²) in [6.45, 7) is 0.765. The van der Waals surface area contributed by atoms with Crippen molar-refractivity contribution >= 4 is 49.3 Å². The summed E-state index contributed by atoms with van der Waals surface area (Å²) in [4.78, 5) is 12.6. The molecule has 0 fully saturated rings. The van der Waals surface area contributed by atoms with Crippen molar-refractivity contribution in [1.29, 1.82) is 0 Å². The van der Waals surface area contributed by atoms with Gasteiger partial charge in [0.25, 0.3) is 15.9 Å². The van der Waals surface area contributed by atoms with Crippen molar-refractivity contribution in [2.45, 2.75) is 4.90 Å². The van der Waals surface area contributed by atoms with E-state index in [4.69, 9.17) is 9.47 Å². The van der Waals surface area contributed by atoms with Gasteiger partial charge >= 0.3 is 0 Å². The van der Waals surface area contributed by atoms with Crippen molar-refractivity contribution in [2.75, 3.05) is 13.2 Å². The van der Waals surface area contributed by atoms with E-state index in [9.17, 15) is 13.2 Å². The van der Waals surface area contributed by atoms with Gasteiger partial charge < -0.3 is 9.47 Å². The van der Waals surface area contributed by atoms with Crippen molar-refractivity contribution in [3.63, 3.8) is 0 Å². The van der Waals surface area contributed by atoms with Crippen LogP contribution in [0.1, 0.15) is 4.88 Å². The molecule has 24 heavy (non-hydrogen) atoms. The van der Waals surface area contributed by atoms with Gasteiger partial charge in [0.05, 0.1) is 8.68 Å². The van der Waals surface area contributed by atoms with Crippen molar-refractivity contribution < 1.29 is 22.7 Å². The molecule has 1 amide bonds. The zero-order valence-corrected chi connectivity index (χ0v) is 15.4. The van der Waals surface area contributed by atoms with Crippen molar-refractivity contribution in [3.8, 4) is 11.5 Å². The van der Waals surface area contributed by atoms with Crippen LogP contribution in [0.5, 0.6) is 11.5 Å². The maximum Gasteiger partial charge on any atom is 0.264 e. The predicted molar refractivity (Wildman–Crippen MR) is 93.8 cm³/mol. The van der Waals surface area contributed by atoms with E-state index in [0.29, 0.717) is 24.7 Å². The lowest BCUT2D eigenvalue weighted by Gasteiger charge is -2.18. The van der Waals surface area contributed by atoms with Gasteiger partial charge in [-0.05, 0) is 46.3 Å². The van der Waals surface area contributed by atoms with Crippen LogP contribution in [0, 0.1) is 0 Å². The van der Waals surface area contributed by atoms with Gasteiger partial charge in [-0.1, -0.05) is 0 Å². The maximum atomic E-state index is 12.3. The normalized spacial score (nSPS) is 13.9. The number of rotatable bonds is 4. The monoisotopic (exact) mass is 429 g/mol. The topological polar surface area (TPSA) is 81.7 Å². The van der Waals surface area contributed by atoms with Gasteiger partial charge in [-0.3, -0.25) is 4.79 Å². The Labute approximate surface area is 151 Å². The minimum absolute atomic E-state index is 0.0626. The zero-order valence-electron chi connectivity index (χ0n) is 12.2. The van der Waals surface area contributed by atoms with Gasteiger partial charge in [0.15, 0.2) is 11.5 Å². The van der Waals surface area contributed by atoms with Crippen LogP contribution in [0.2, 0.25) is 0 Å². The fraction of sp³-hybridized carbons (Fsp3) is 0.133. The molecule has 1 aliphatic rings. The number of carbonyl (C=O) groups excluding carboxylic acids is 1. The molecule has 1 aromatic heterocycles. The van der Waals surface area contributed by atoms with Crippen LogP contribution in [0.4, 0.5) is 0 Å². The number of ether oxygens (including phenoxy) is 2. The smallest absolute Gasteiger partial charge is 0.264 e. The highest BCUT2D eigenvalue weighted by Crippen LogP contribution is 2.32. The summed E-state index contributed by atoms with van der Waals surface area (Å²) in [7, 11) is -3.98. The Bertz CT molecular complexity index is 904. The minimum Gasteiger partial charge on any atom is -0.486 e. The highest BCUT2D eigenvalue weighted by Gasteiger charge is 2.20. The van der Waals surface area contributed by atoms with Gasteiger partial charge in [0.1, 0.15) is 13.2 Å². The molecule has 0 bridgehead atoms. The molecule has 9 heteroatoms. The molecule has 3 rings (SSSR count). The number of fused-ring (bicyclic) bond motifs is 1. The maximum absolute atomic E-state index is 12.3. The third kappa shape index (κ3) is 3.97. The van der Waals surface area contributed by atoms with E-state index in [1.165, 1.54) is 35.6 Å². The highest BCUT2D eigenvalue weighted by molar-refractivity contribution is 9.11. The lowest BCUT2D eigenvalue weighted by Crippen LogP contribution is -2.29. The van der Waals surface area contributed by atoms with E-state index in [1.807, 2.05) is 16.9 Å². The Morgan fingerprint density at radius 1 is 1.17 bits per heavy atom. The van der Waals surface area contributed by atoms with Crippen molar-refractivity contribution in [3.05, 3.63) is 45.1 Å². The quantitative estimate of drug-likeness (QED) is 0.755. The molecule has 0 atom stereocenters. The molecule has 126 valence electrons. The van der Waals surface area contributed by atoms with Crippen LogP contribution in [0.25, 0.3) is 6.08 Å². The molecule has 6 nitrogen and oxygen atoms in total. The average molecular weight is 430 g/mol. The summed E-state index contributed by atoms with van der Waals surface area (Å²) in [5, 5.41) is 0. The zero-order chi connectivity index (χ0) is 17.2. The largest absolute Gasteiger partial charge is 0.486 e. The first-order valence-corrected chi connectivity index (χ1v) is 9.93. The Morgan fingerprint density at radius 2 is 1.92 bits per heavy atom. The van der Waals surface area contributed by atoms with E-state index >= 15 is 0 Å². The first-order chi connectivity index (χ1) is 11.4. The fourth-order valence-corrected chi connectivity index (χ4v) is 4.28. The van der Waals surface area contributed by atoms with Gasteiger partial charge in [-0.25, -0.2) is 13.1 Å². The van der Waals surface area contributed by atoms with Gasteiger partial charge in [-0.2, -0.15) is 0 Å². The molecule has 0 unspecified atom stereocenters. The van der Waals surface area contributed by atoms with Crippen LogP contribution in [0.15, 0.2) is 45.1 Å². The Balaban J connectivity index is 1.73. The third-order valence-corrected chi connectivity index (χ3v) is 5.99. The number of hydrogen-bond acceptors (Lipinski definition) is 6. The van der Waals surface area contributed by atoms with Crippen molar-refractivity contribution in [2.24, 2.45) is 0 Å². The molecule has 1 aromatic carbocycles. The molecule has 0 spiro atoms. The van der Waals surface area contributed by atoms with Crippen LogP contribution in [-0.4, -0.2) is 27.5 Å². The number of nitrogens with one attached hydrogen (secondary N) is 1. The fourth-order valence-electron chi connectivity index (χ4n) is 1.99. The van der Waals surface area contributed by atoms with Gasteiger partial charge in [-0.15, -0.1) is 11.3 Å². The van der Waals surface area contributed by atoms with Crippen molar-refractivity contribution in [1.82, 2.24) is 4.72 Å². The number of carbonyl (C=O) groups is 1. The molecule has 2 aromatic rings. The second-order valence-corrected chi connectivity index (χ2v) is 8.93. The lowest BCUT2D eigenvalue weighted by molar-refractivity contribution is -0.114. The SMILES string of the molecule is O=C(C=Cc1ccc(Br)s1)NS(=O)(=O)c1ccc2c(c1)OCCO2. The summed E-state index contributed by atoms with van der Waals surface area (Å²) in [6.07, 6.45) is 2.72. The van der Waals surface area contributed by atoms with Crippen LogP contribution < -0.4 is 14.2 Å². The summed E-state index contributed by atoms with van der Waals surface area (Å²) < 4.78 is 38.2. The van der Waals surface area contributed by atoms with E-state index in [2.05, 4.69) is 15.9 Å². The number of thiophene rings is 1. The van der Waals surface area contributed by atoms with Crippen LogP contribution in [-0.2, 0) is 14.8 Å². The lowest BCUT2D eigenvalue weighted by atomic mass is 10.3. The Morgan fingerprint density at radius 3 is 2.62 bits per heavy atom. The Kier molecular flexibility index (Phi) is 4.93. The number of halogens is 1. The Hall–Kier alpha value is -1.84. The number of hydrogen-bond donors (Lipinski definition) is 1. The second kappa shape index (κ2) is 6.96. The second-order valence-electron chi connectivity index (χ2n) is 4.75. The van der Waals surface area contributed by atoms with E-state index in [0.717, 1.165) is 8.66 Å². The number of benzene rings is 1. The standard InChI is InChI=1S/C15H12BrNO5S2/c16-14-5-1-10(23-14)2-6-15(18)17-24(19,20)11-3-4-12-13(9-11)22-8-7-21-12/h1-6,9H,7-8H2,(H,17,18). The van der Waals surface area contributed by atoms with Crippen LogP contribution in [0.3, 0.4) is 0 Å². The minimum atomic E-state index is -3.98. The molecule has 0 saturated heterocycles. The molecular formula is C15H12BrNO5S2. The third-order valence-electron chi connectivity index (χ3n) is 3.05. The average Bonchev–Trinajstić information content (AvgIpc) is 2.97. The molecule has 0 aliphatic carbocycles. The van der Waals surface area contributed by atoms with Gasteiger partial charge in [0, 0.05) is 17.0 Å². The molecule has 0 radical (unpaired) electrons. The van der Waals surface area contributed by atoms with E-state index in [1.54, 1.807) is 6.08 Å². The summed E-state index contributed by atoms with van der Waals surface area (Å²) in [5.74, 6) is 0.0969. The van der Waals surface area contributed by atoms with Crippen LogP contribution >= 0.6 is 27.3 Å². The summed E-state index contributed by atoms with van der Waals surface area (Å²) >= 11 is 4.74. The van der Waals surface area contributed by atoms with E-state index < -0.39 is 15.9 Å². The molecule has 0 saturated carbocycles. The summed E-state index contributed by atoms with van der Waals surface area (Å²) in [6, 6.07) is 7.86. The predicted octanol–water partition coefficient (Wildman–Crippen LogP) is 2.80.